The average Bonchev–Trinajstić information content (AvgIpc) is 2.74. The molecule has 0 saturated carbocycles. The molecule has 0 atom stereocenters. The second-order valence-electron chi connectivity index (χ2n) is 6.41. The van der Waals surface area contributed by atoms with Gasteiger partial charge in [0.2, 0.25) is 0 Å². The van der Waals surface area contributed by atoms with Crippen LogP contribution in [-0.4, -0.2) is 30.4 Å². The molecule has 160 valence electrons. The van der Waals surface area contributed by atoms with Gasteiger partial charge in [-0.25, -0.2) is 23.5 Å². The molecular formula is C20H18F2N6O2S. The zero-order chi connectivity index (χ0) is 22.6. The summed E-state index contributed by atoms with van der Waals surface area (Å²) in [5.74, 6) is 0.420. The molecule has 0 aliphatic rings. The van der Waals surface area contributed by atoms with Gasteiger partial charge in [-0.15, -0.1) is 6.42 Å². The van der Waals surface area contributed by atoms with Crippen LogP contribution in [0.25, 0.3) is 0 Å². The van der Waals surface area contributed by atoms with Crippen LogP contribution in [0.2, 0.25) is 0 Å². The fourth-order valence-electron chi connectivity index (χ4n) is 2.68. The van der Waals surface area contributed by atoms with Crippen molar-refractivity contribution in [3.05, 3.63) is 70.8 Å². The molecule has 0 radical (unpaired) electrons. The number of halogens is 2. The summed E-state index contributed by atoms with van der Waals surface area (Å²) in [5.41, 5.74) is 2.31. The Hall–Kier alpha value is -3.62. The zero-order valence-electron chi connectivity index (χ0n) is 16.6. The molecule has 31 heavy (non-hydrogen) atoms. The first kappa shape index (κ1) is 22.1. The third-order valence-electron chi connectivity index (χ3n) is 4.43. The van der Waals surface area contributed by atoms with E-state index >= 15 is 0 Å². The Morgan fingerprint density at radius 2 is 1.90 bits per heavy atom. The van der Waals surface area contributed by atoms with Crippen LogP contribution in [-0.2, 0) is 16.6 Å². The maximum Gasteiger partial charge on any atom is 0.300 e. The van der Waals surface area contributed by atoms with Gasteiger partial charge in [0.15, 0.2) is 23.3 Å². The summed E-state index contributed by atoms with van der Waals surface area (Å²) in [5, 5.41) is 2.86. The molecule has 0 amide bonds. The summed E-state index contributed by atoms with van der Waals surface area (Å²) >= 11 is 0. The number of terminal acetylenes is 1. The van der Waals surface area contributed by atoms with Gasteiger partial charge in [0.1, 0.15) is 0 Å². The highest BCUT2D eigenvalue weighted by Crippen LogP contribution is 2.26. The molecule has 0 aliphatic heterocycles. The fourth-order valence-corrected chi connectivity index (χ4v) is 3.18. The highest BCUT2D eigenvalue weighted by molar-refractivity contribution is 7.90. The van der Waals surface area contributed by atoms with Crippen LogP contribution < -0.4 is 14.8 Å². The van der Waals surface area contributed by atoms with Gasteiger partial charge >= 0.3 is 0 Å². The Bertz CT molecular complexity index is 1280. The van der Waals surface area contributed by atoms with E-state index in [1.807, 2.05) is 9.44 Å². The van der Waals surface area contributed by atoms with Crippen molar-refractivity contribution in [3.8, 4) is 12.3 Å². The molecule has 0 bridgehead atoms. The van der Waals surface area contributed by atoms with Crippen LogP contribution in [0, 0.1) is 30.9 Å². The monoisotopic (exact) mass is 444 g/mol. The highest BCUT2D eigenvalue weighted by Gasteiger charge is 2.17. The smallest absolute Gasteiger partial charge is 0.300 e. The van der Waals surface area contributed by atoms with Gasteiger partial charge in [0.05, 0.1) is 11.9 Å². The Balaban J connectivity index is 1.88. The number of nitrogens with one attached hydrogen (secondary N) is 3. The van der Waals surface area contributed by atoms with Crippen LogP contribution in [0.3, 0.4) is 0 Å². The van der Waals surface area contributed by atoms with E-state index in [-0.39, 0.29) is 17.8 Å². The third kappa shape index (κ3) is 5.11. The Morgan fingerprint density at radius 1 is 1.13 bits per heavy atom. The lowest BCUT2D eigenvalue weighted by molar-refractivity contribution is 0.589. The topological polar surface area (TPSA) is 109 Å². The van der Waals surface area contributed by atoms with Gasteiger partial charge in [-0.3, -0.25) is 9.71 Å². The predicted molar refractivity (Wildman–Crippen MR) is 113 cm³/mol. The van der Waals surface area contributed by atoms with Gasteiger partial charge < -0.3 is 5.32 Å². The lowest BCUT2D eigenvalue weighted by atomic mass is 10.0. The first-order valence-corrected chi connectivity index (χ1v) is 10.4. The van der Waals surface area contributed by atoms with Gasteiger partial charge in [0.25, 0.3) is 10.2 Å². The molecule has 3 aromatic rings. The molecular weight excluding hydrogens is 426 g/mol. The second kappa shape index (κ2) is 9.03. The normalized spacial score (nSPS) is 11.1. The number of hydrogen-bond donors (Lipinski definition) is 3. The van der Waals surface area contributed by atoms with Crippen molar-refractivity contribution < 1.29 is 17.2 Å². The third-order valence-corrected chi connectivity index (χ3v) is 5.43. The summed E-state index contributed by atoms with van der Waals surface area (Å²) in [6.45, 7) is 1.76. The molecule has 3 aromatic heterocycles. The molecule has 3 heterocycles. The SMILES string of the molecule is C#Cc1cnc(Nc2cncc(Cc3ccnc(NS(=O)(=O)NC)c3F)c2C)c(F)c1. The second-order valence-corrected chi connectivity index (χ2v) is 8.03. The molecule has 0 saturated heterocycles. The van der Waals surface area contributed by atoms with Crippen molar-refractivity contribution in [1.29, 1.82) is 0 Å². The maximum absolute atomic E-state index is 14.8. The van der Waals surface area contributed by atoms with E-state index in [0.29, 0.717) is 22.4 Å². The summed E-state index contributed by atoms with van der Waals surface area (Å²) < 4.78 is 56.3. The first-order valence-electron chi connectivity index (χ1n) is 8.91. The van der Waals surface area contributed by atoms with E-state index < -0.39 is 27.7 Å². The van der Waals surface area contributed by atoms with Gasteiger partial charge in [-0.2, -0.15) is 8.42 Å². The first-order chi connectivity index (χ1) is 14.7. The van der Waals surface area contributed by atoms with Gasteiger partial charge in [0, 0.05) is 37.6 Å². The number of rotatable bonds is 7. The maximum atomic E-state index is 14.8. The van der Waals surface area contributed by atoms with Gasteiger partial charge in [-0.1, -0.05) is 5.92 Å². The number of aromatic nitrogens is 3. The quantitative estimate of drug-likeness (QED) is 0.484. The van der Waals surface area contributed by atoms with Crippen molar-refractivity contribution in [2.75, 3.05) is 17.1 Å². The van der Waals surface area contributed by atoms with Crippen LogP contribution in [0.4, 0.5) is 26.1 Å². The summed E-state index contributed by atoms with van der Waals surface area (Å²) in [6.07, 6.45) is 11.0. The van der Waals surface area contributed by atoms with E-state index in [1.165, 1.54) is 37.8 Å². The lowest BCUT2D eigenvalue weighted by Gasteiger charge is -2.14. The summed E-state index contributed by atoms with van der Waals surface area (Å²) in [6, 6.07) is 2.62. The van der Waals surface area contributed by atoms with E-state index in [9.17, 15) is 17.2 Å². The molecule has 3 N–H and O–H groups in total. The van der Waals surface area contributed by atoms with Crippen molar-refractivity contribution in [2.24, 2.45) is 0 Å². The van der Waals surface area contributed by atoms with Crippen LogP contribution in [0.15, 0.2) is 36.9 Å². The van der Waals surface area contributed by atoms with Crippen molar-refractivity contribution in [2.45, 2.75) is 13.3 Å². The van der Waals surface area contributed by atoms with E-state index in [1.54, 1.807) is 13.1 Å². The fraction of sp³-hybridized carbons (Fsp3) is 0.150. The predicted octanol–water partition coefficient (Wildman–Crippen LogP) is 2.65. The average molecular weight is 444 g/mol. The number of hydrogen-bond acceptors (Lipinski definition) is 6. The molecule has 0 aliphatic carbocycles. The molecule has 11 heteroatoms. The Morgan fingerprint density at radius 3 is 2.58 bits per heavy atom. The molecule has 0 unspecified atom stereocenters. The van der Waals surface area contributed by atoms with Crippen LogP contribution in [0.1, 0.15) is 22.3 Å². The number of pyridine rings is 3. The van der Waals surface area contributed by atoms with Crippen LogP contribution in [0.5, 0.6) is 0 Å². The van der Waals surface area contributed by atoms with Gasteiger partial charge in [-0.05, 0) is 35.7 Å². The number of nitrogens with zero attached hydrogens (tertiary/aromatic N) is 3. The minimum atomic E-state index is -3.92. The molecule has 0 aromatic carbocycles. The molecule has 0 spiro atoms. The molecule has 3 rings (SSSR count). The lowest BCUT2D eigenvalue weighted by Crippen LogP contribution is -2.27. The minimum Gasteiger partial charge on any atom is -0.336 e. The van der Waals surface area contributed by atoms with E-state index in [4.69, 9.17) is 6.42 Å². The summed E-state index contributed by atoms with van der Waals surface area (Å²) in [7, 11) is -2.73. The Labute approximate surface area is 178 Å². The molecule has 0 fully saturated rings. The van der Waals surface area contributed by atoms with Crippen molar-refractivity contribution >= 4 is 27.5 Å². The molecule has 8 nitrogen and oxygen atoms in total. The standard InChI is InChI=1S/C20H18F2N6O2S/c1-4-13-7-16(21)19(26-9-13)27-17-11-24-10-15(12(17)2)8-14-5-6-25-20(18(14)22)28-31(29,30)23-3/h1,5-7,9-11,23H,8H2,2-3H3,(H,25,28)(H,26,27). The number of anilines is 3. The Kier molecular flexibility index (Phi) is 6.43. The summed E-state index contributed by atoms with van der Waals surface area (Å²) in [4.78, 5) is 11.8. The largest absolute Gasteiger partial charge is 0.336 e. The van der Waals surface area contributed by atoms with E-state index in [0.717, 1.165) is 0 Å². The van der Waals surface area contributed by atoms with E-state index in [2.05, 4.69) is 26.2 Å². The van der Waals surface area contributed by atoms with Crippen LogP contribution >= 0.6 is 0 Å². The van der Waals surface area contributed by atoms with Crippen molar-refractivity contribution in [1.82, 2.24) is 19.7 Å². The zero-order valence-corrected chi connectivity index (χ0v) is 17.4. The highest BCUT2D eigenvalue weighted by atomic mass is 32.2. The van der Waals surface area contributed by atoms with Crippen molar-refractivity contribution in [3.63, 3.8) is 0 Å². The minimum absolute atomic E-state index is 0.0279.